The molecule has 2 atom stereocenters. The molecule has 0 amide bonds. The molecule has 1 aromatic rings. The number of anilines is 1. The highest BCUT2D eigenvalue weighted by Crippen LogP contribution is 2.30. The molecule has 2 unspecified atom stereocenters. The van der Waals surface area contributed by atoms with E-state index in [1.54, 1.807) is 0 Å². The average Bonchev–Trinajstić information content (AvgIpc) is 2.40. The molecule has 1 aliphatic rings. The van der Waals surface area contributed by atoms with E-state index in [0.29, 0.717) is 5.25 Å². The molecule has 19 heavy (non-hydrogen) atoms. The second-order valence-electron chi connectivity index (χ2n) is 5.27. The van der Waals surface area contributed by atoms with Crippen LogP contribution in [0, 0.1) is 0 Å². The van der Waals surface area contributed by atoms with Crippen LogP contribution in [0.1, 0.15) is 25.8 Å². The van der Waals surface area contributed by atoms with Gasteiger partial charge in [0.15, 0.2) is 0 Å². The lowest BCUT2D eigenvalue weighted by Gasteiger charge is -2.34. The maximum Gasteiger partial charge on any atom is 0.0411 e. The predicted molar refractivity (Wildman–Crippen MR) is 90.2 cm³/mol. The molecule has 0 aromatic heterocycles. The predicted octanol–water partition coefficient (Wildman–Crippen LogP) is 3.67. The minimum Gasteiger partial charge on any atom is -0.369 e. The summed E-state index contributed by atoms with van der Waals surface area (Å²) in [6.45, 7) is 6.74. The van der Waals surface area contributed by atoms with E-state index in [2.05, 4.69) is 64.6 Å². The van der Waals surface area contributed by atoms with Gasteiger partial charge in [-0.2, -0.15) is 11.8 Å². The van der Waals surface area contributed by atoms with Gasteiger partial charge < -0.3 is 10.6 Å². The quantitative estimate of drug-likeness (QED) is 0.904. The van der Waals surface area contributed by atoms with Gasteiger partial charge in [0.1, 0.15) is 0 Å². The van der Waals surface area contributed by atoms with Crippen LogP contribution in [0.2, 0.25) is 0 Å². The minimum atomic E-state index is 0.261. The number of hydrogen-bond donors (Lipinski definition) is 1. The van der Waals surface area contributed by atoms with Crippen molar-refractivity contribution in [3.63, 3.8) is 0 Å². The van der Waals surface area contributed by atoms with Crippen LogP contribution in [0.4, 0.5) is 5.69 Å². The molecular formula is C15H23BrN2S. The Morgan fingerprint density at radius 1 is 1.53 bits per heavy atom. The van der Waals surface area contributed by atoms with Crippen LogP contribution in [0.3, 0.4) is 0 Å². The van der Waals surface area contributed by atoms with Gasteiger partial charge in [-0.1, -0.05) is 35.8 Å². The second-order valence-corrected chi connectivity index (χ2v) is 7.73. The highest BCUT2D eigenvalue weighted by Gasteiger charge is 2.20. The molecule has 0 spiro atoms. The molecule has 0 radical (unpaired) electrons. The molecule has 1 aliphatic heterocycles. The Morgan fingerprint density at radius 3 is 3.00 bits per heavy atom. The van der Waals surface area contributed by atoms with Crippen LogP contribution < -0.4 is 10.6 Å². The summed E-state index contributed by atoms with van der Waals surface area (Å²) in [5, 5.41) is 0.709. The van der Waals surface area contributed by atoms with Crippen molar-refractivity contribution in [1.29, 1.82) is 0 Å². The van der Waals surface area contributed by atoms with Gasteiger partial charge in [-0.25, -0.2) is 0 Å². The highest BCUT2D eigenvalue weighted by molar-refractivity contribution is 9.10. The summed E-state index contributed by atoms with van der Waals surface area (Å²) in [6, 6.07) is 6.86. The Hall–Kier alpha value is -0.190. The van der Waals surface area contributed by atoms with Crippen molar-refractivity contribution in [1.82, 2.24) is 0 Å². The van der Waals surface area contributed by atoms with Crippen molar-refractivity contribution in [3.05, 3.63) is 28.2 Å². The fourth-order valence-electron chi connectivity index (χ4n) is 2.47. The van der Waals surface area contributed by atoms with Crippen molar-refractivity contribution < 1.29 is 0 Å². The van der Waals surface area contributed by atoms with E-state index in [-0.39, 0.29) is 6.04 Å². The molecule has 1 fully saturated rings. The first-order valence-electron chi connectivity index (χ1n) is 7.00. The molecule has 0 saturated carbocycles. The van der Waals surface area contributed by atoms with Crippen LogP contribution in [-0.2, 0) is 6.42 Å². The fraction of sp³-hybridized carbons (Fsp3) is 0.600. The fourth-order valence-corrected chi connectivity index (χ4v) is 3.83. The first kappa shape index (κ1) is 15.2. The lowest BCUT2D eigenvalue weighted by Crippen LogP contribution is -2.37. The van der Waals surface area contributed by atoms with Gasteiger partial charge in [-0.3, -0.25) is 0 Å². The Labute approximate surface area is 129 Å². The third kappa shape index (κ3) is 4.14. The molecule has 2 N–H and O–H groups in total. The van der Waals surface area contributed by atoms with Crippen molar-refractivity contribution in [2.45, 2.75) is 38.0 Å². The third-order valence-electron chi connectivity index (χ3n) is 3.64. The van der Waals surface area contributed by atoms with Crippen molar-refractivity contribution in [2.75, 3.05) is 23.7 Å². The van der Waals surface area contributed by atoms with E-state index in [9.17, 15) is 0 Å². The molecular weight excluding hydrogens is 320 g/mol. The van der Waals surface area contributed by atoms with Crippen LogP contribution in [0.15, 0.2) is 22.7 Å². The summed E-state index contributed by atoms with van der Waals surface area (Å²) in [5.41, 5.74) is 8.89. The third-order valence-corrected chi connectivity index (χ3v) is 5.27. The molecule has 1 heterocycles. The Bertz CT molecular complexity index is 425. The van der Waals surface area contributed by atoms with Crippen LogP contribution >= 0.6 is 27.7 Å². The van der Waals surface area contributed by atoms with Crippen LogP contribution in [0.25, 0.3) is 0 Å². The zero-order valence-electron chi connectivity index (χ0n) is 11.7. The standard InChI is InChI=1S/C15H23BrN2S/c1-3-14(17)8-12-4-5-13(16)9-15(12)18-6-7-19-11(2)10-18/h4-5,9,11,14H,3,6-8,10,17H2,1-2H3. The van der Waals surface area contributed by atoms with E-state index in [1.807, 2.05) is 0 Å². The SMILES string of the molecule is CCC(N)Cc1ccc(Br)cc1N1CCSC(C)C1. The van der Waals surface area contributed by atoms with E-state index >= 15 is 0 Å². The maximum atomic E-state index is 6.13. The second kappa shape index (κ2) is 7.00. The summed E-state index contributed by atoms with van der Waals surface area (Å²) >= 11 is 5.67. The van der Waals surface area contributed by atoms with E-state index in [1.165, 1.54) is 17.0 Å². The highest BCUT2D eigenvalue weighted by atomic mass is 79.9. The summed E-state index contributed by atoms with van der Waals surface area (Å²) in [5.74, 6) is 1.22. The zero-order valence-corrected chi connectivity index (χ0v) is 14.1. The normalized spacial score (nSPS) is 21.5. The number of hydrogen-bond acceptors (Lipinski definition) is 3. The molecule has 2 nitrogen and oxygen atoms in total. The summed E-state index contributed by atoms with van der Waals surface area (Å²) in [6.07, 6.45) is 2.00. The molecule has 1 saturated heterocycles. The van der Waals surface area contributed by atoms with Gasteiger partial charge in [0.25, 0.3) is 0 Å². The monoisotopic (exact) mass is 342 g/mol. The number of rotatable bonds is 4. The molecule has 0 aliphatic carbocycles. The number of benzene rings is 1. The van der Waals surface area contributed by atoms with Gasteiger partial charge in [0.05, 0.1) is 0 Å². The molecule has 106 valence electrons. The number of nitrogens with two attached hydrogens (primary N) is 1. The Morgan fingerprint density at radius 2 is 2.32 bits per heavy atom. The van der Waals surface area contributed by atoms with Gasteiger partial charge in [0, 0.05) is 40.3 Å². The molecule has 1 aromatic carbocycles. The lowest BCUT2D eigenvalue weighted by molar-refractivity contribution is 0.643. The van der Waals surface area contributed by atoms with Gasteiger partial charge in [-0.05, 0) is 30.5 Å². The van der Waals surface area contributed by atoms with E-state index < -0.39 is 0 Å². The van der Waals surface area contributed by atoms with Crippen molar-refractivity contribution in [2.24, 2.45) is 5.73 Å². The number of thioether (sulfide) groups is 1. The maximum absolute atomic E-state index is 6.13. The van der Waals surface area contributed by atoms with Crippen molar-refractivity contribution >= 4 is 33.4 Å². The molecule has 0 bridgehead atoms. The Kier molecular flexibility index (Phi) is 5.60. The number of nitrogens with zero attached hydrogens (tertiary/aromatic N) is 1. The topological polar surface area (TPSA) is 29.3 Å². The summed E-state index contributed by atoms with van der Waals surface area (Å²) < 4.78 is 1.15. The lowest BCUT2D eigenvalue weighted by atomic mass is 10.0. The van der Waals surface area contributed by atoms with Gasteiger partial charge in [0.2, 0.25) is 0 Å². The first-order valence-corrected chi connectivity index (χ1v) is 8.85. The van der Waals surface area contributed by atoms with Gasteiger partial charge >= 0.3 is 0 Å². The van der Waals surface area contributed by atoms with Crippen LogP contribution in [-0.4, -0.2) is 30.1 Å². The van der Waals surface area contributed by atoms with Gasteiger partial charge in [-0.15, -0.1) is 0 Å². The number of halogens is 1. The molecule has 2 rings (SSSR count). The average molecular weight is 343 g/mol. The minimum absolute atomic E-state index is 0.261. The molecule has 4 heteroatoms. The van der Waals surface area contributed by atoms with Crippen molar-refractivity contribution in [3.8, 4) is 0 Å². The van der Waals surface area contributed by atoms with E-state index in [0.717, 1.165) is 30.4 Å². The zero-order chi connectivity index (χ0) is 13.8. The van der Waals surface area contributed by atoms with E-state index in [4.69, 9.17) is 5.73 Å². The summed E-state index contributed by atoms with van der Waals surface area (Å²) in [4.78, 5) is 2.52. The first-order chi connectivity index (χ1) is 9.10. The Balaban J connectivity index is 2.23. The summed E-state index contributed by atoms with van der Waals surface area (Å²) in [7, 11) is 0. The van der Waals surface area contributed by atoms with Crippen LogP contribution in [0.5, 0.6) is 0 Å². The largest absolute Gasteiger partial charge is 0.369 e. The smallest absolute Gasteiger partial charge is 0.0411 e.